The van der Waals surface area contributed by atoms with E-state index in [1.165, 1.54) is 6.08 Å². The second kappa shape index (κ2) is 2.92. The number of fused-ring (bicyclic) bond motifs is 5. The maximum absolute atomic E-state index is 12.0. The number of alkyl halides is 1. The van der Waals surface area contributed by atoms with E-state index in [0.717, 1.165) is 6.42 Å². The van der Waals surface area contributed by atoms with Gasteiger partial charge in [-0.25, -0.2) is 0 Å². The third-order valence-corrected chi connectivity index (χ3v) is 5.78. The average molecular weight is 332 g/mol. The molecule has 1 saturated carbocycles. The van der Waals surface area contributed by atoms with Gasteiger partial charge in [-0.2, -0.15) is 0 Å². The molecule has 2 bridgehead atoms. The fourth-order valence-electron chi connectivity index (χ4n) is 2.99. The lowest BCUT2D eigenvalue weighted by Gasteiger charge is -2.36. The fraction of sp³-hybridized carbons (Fsp3) is 0.455. The molecule has 0 radical (unpaired) electrons. The highest BCUT2D eigenvalue weighted by Gasteiger charge is 2.62. The molecule has 2 nitrogen and oxygen atoms in total. The van der Waals surface area contributed by atoms with Gasteiger partial charge < -0.3 is 0 Å². The summed E-state index contributed by atoms with van der Waals surface area (Å²) in [7, 11) is 0. The zero-order valence-electron chi connectivity index (χ0n) is 7.74. The van der Waals surface area contributed by atoms with Gasteiger partial charge in [0.1, 0.15) is 4.32 Å². The number of ketones is 2. The van der Waals surface area contributed by atoms with Crippen LogP contribution >= 0.6 is 31.9 Å². The topological polar surface area (TPSA) is 34.1 Å². The Morgan fingerprint density at radius 1 is 1.33 bits per heavy atom. The maximum Gasteiger partial charge on any atom is 0.175 e. The fourth-order valence-corrected chi connectivity index (χ4v) is 4.45. The standard InChI is InChI=1S/C11H8Br2O2/c12-7-4-8(14)11(13)6-2-1-5(3-6)9(11)10(7)15/h1-2,4-6,9H,3H2/t5-,6+,9-,11+/m0/s1. The van der Waals surface area contributed by atoms with Gasteiger partial charge in [0.25, 0.3) is 0 Å². The van der Waals surface area contributed by atoms with Gasteiger partial charge in [0, 0.05) is 12.0 Å². The molecule has 0 N–H and O–H groups in total. The molecule has 4 heteroatoms. The normalized spacial score (nSPS) is 47.1. The van der Waals surface area contributed by atoms with Crippen LogP contribution < -0.4 is 0 Å². The Morgan fingerprint density at radius 2 is 2.07 bits per heavy atom. The molecule has 0 aromatic heterocycles. The van der Waals surface area contributed by atoms with Gasteiger partial charge in [-0.05, 0) is 28.3 Å². The summed E-state index contributed by atoms with van der Waals surface area (Å²) in [5.74, 6) is 0.284. The number of Topliss-reactive ketones (excluding diaryl/α,β-unsaturated/α-hetero) is 1. The number of hydrogen-bond donors (Lipinski definition) is 0. The van der Waals surface area contributed by atoms with E-state index in [-0.39, 0.29) is 29.3 Å². The molecule has 0 saturated heterocycles. The highest BCUT2D eigenvalue weighted by molar-refractivity contribution is 9.12. The molecule has 3 aliphatic carbocycles. The molecular formula is C11H8Br2O2. The Balaban J connectivity index is 2.19. The molecule has 0 aromatic carbocycles. The van der Waals surface area contributed by atoms with E-state index < -0.39 is 4.32 Å². The van der Waals surface area contributed by atoms with Crippen LogP contribution in [0.1, 0.15) is 6.42 Å². The van der Waals surface area contributed by atoms with Crippen molar-refractivity contribution in [1.82, 2.24) is 0 Å². The minimum atomic E-state index is -0.652. The molecule has 0 spiro atoms. The molecule has 0 unspecified atom stereocenters. The molecule has 1 fully saturated rings. The number of hydrogen-bond acceptors (Lipinski definition) is 2. The number of halogens is 2. The van der Waals surface area contributed by atoms with Crippen LogP contribution in [0.25, 0.3) is 0 Å². The van der Waals surface area contributed by atoms with Crippen LogP contribution in [-0.2, 0) is 9.59 Å². The van der Waals surface area contributed by atoms with Crippen molar-refractivity contribution in [3.63, 3.8) is 0 Å². The predicted octanol–water partition coefficient (Wildman–Crippen LogP) is 2.37. The first kappa shape index (κ1) is 9.97. The molecule has 3 aliphatic rings. The molecule has 0 heterocycles. The van der Waals surface area contributed by atoms with Crippen molar-refractivity contribution in [2.24, 2.45) is 17.8 Å². The summed E-state index contributed by atoms with van der Waals surface area (Å²) in [6.45, 7) is 0. The summed E-state index contributed by atoms with van der Waals surface area (Å²) in [6.07, 6.45) is 6.48. The van der Waals surface area contributed by atoms with Gasteiger partial charge in [0.15, 0.2) is 11.6 Å². The molecule has 15 heavy (non-hydrogen) atoms. The summed E-state index contributed by atoms with van der Waals surface area (Å²) in [5, 5.41) is 0. The van der Waals surface area contributed by atoms with Crippen molar-refractivity contribution in [2.45, 2.75) is 10.7 Å². The lowest BCUT2D eigenvalue weighted by Crippen LogP contribution is -2.49. The van der Waals surface area contributed by atoms with Gasteiger partial charge in [-0.1, -0.05) is 28.1 Å². The van der Waals surface area contributed by atoms with Crippen molar-refractivity contribution < 1.29 is 9.59 Å². The summed E-state index contributed by atoms with van der Waals surface area (Å²) >= 11 is 6.70. The quantitative estimate of drug-likeness (QED) is 0.504. The van der Waals surface area contributed by atoms with E-state index in [2.05, 4.69) is 44.0 Å². The van der Waals surface area contributed by atoms with Gasteiger partial charge >= 0.3 is 0 Å². The van der Waals surface area contributed by atoms with E-state index in [1.54, 1.807) is 0 Å². The van der Waals surface area contributed by atoms with Crippen LogP contribution in [0.4, 0.5) is 0 Å². The van der Waals surface area contributed by atoms with Gasteiger partial charge in [0.2, 0.25) is 0 Å². The molecular weight excluding hydrogens is 324 g/mol. The molecule has 0 amide bonds. The Morgan fingerprint density at radius 3 is 2.80 bits per heavy atom. The minimum Gasteiger partial charge on any atom is -0.293 e. The Labute approximate surface area is 104 Å². The minimum absolute atomic E-state index is 0.0239. The first-order chi connectivity index (χ1) is 7.05. The maximum atomic E-state index is 12.0. The Bertz CT molecular complexity index is 438. The van der Waals surface area contributed by atoms with E-state index in [1.807, 2.05) is 0 Å². The first-order valence-electron chi connectivity index (χ1n) is 4.88. The lowest BCUT2D eigenvalue weighted by atomic mass is 9.74. The number of allylic oxidation sites excluding steroid dienone is 4. The van der Waals surface area contributed by atoms with E-state index in [9.17, 15) is 9.59 Å². The largest absolute Gasteiger partial charge is 0.293 e. The first-order valence-corrected chi connectivity index (χ1v) is 6.47. The number of rotatable bonds is 0. The zero-order chi connectivity index (χ0) is 10.8. The molecule has 3 rings (SSSR count). The lowest BCUT2D eigenvalue weighted by molar-refractivity contribution is -0.127. The molecule has 0 aromatic rings. The molecule has 0 aliphatic heterocycles. The van der Waals surface area contributed by atoms with Gasteiger partial charge in [-0.15, -0.1) is 0 Å². The summed E-state index contributed by atoms with van der Waals surface area (Å²) in [4.78, 5) is 24.0. The van der Waals surface area contributed by atoms with Gasteiger partial charge in [-0.3, -0.25) is 9.59 Å². The second-order valence-corrected chi connectivity index (χ2v) is 6.52. The Hall–Kier alpha value is -0.220. The van der Waals surface area contributed by atoms with Crippen LogP contribution in [0.2, 0.25) is 0 Å². The van der Waals surface area contributed by atoms with Crippen LogP contribution in [0.3, 0.4) is 0 Å². The monoisotopic (exact) mass is 330 g/mol. The highest BCUT2D eigenvalue weighted by atomic mass is 79.9. The number of carbonyl (C=O) groups excluding carboxylic acids is 2. The van der Waals surface area contributed by atoms with Crippen molar-refractivity contribution in [3.05, 3.63) is 22.7 Å². The van der Waals surface area contributed by atoms with E-state index in [4.69, 9.17) is 0 Å². The van der Waals surface area contributed by atoms with Crippen LogP contribution in [0.5, 0.6) is 0 Å². The van der Waals surface area contributed by atoms with Crippen molar-refractivity contribution in [3.8, 4) is 0 Å². The highest BCUT2D eigenvalue weighted by Crippen LogP contribution is 2.58. The van der Waals surface area contributed by atoms with Crippen LogP contribution in [0.15, 0.2) is 22.7 Å². The zero-order valence-corrected chi connectivity index (χ0v) is 10.9. The van der Waals surface area contributed by atoms with Crippen LogP contribution in [-0.4, -0.2) is 15.9 Å². The van der Waals surface area contributed by atoms with E-state index >= 15 is 0 Å². The summed E-state index contributed by atoms with van der Waals surface area (Å²) < 4.78 is -0.227. The predicted molar refractivity (Wildman–Crippen MR) is 62.9 cm³/mol. The average Bonchev–Trinajstić information content (AvgIpc) is 2.74. The second-order valence-electron chi connectivity index (χ2n) is 4.36. The summed E-state index contributed by atoms with van der Waals surface area (Å²) in [6, 6.07) is 0. The van der Waals surface area contributed by atoms with Gasteiger partial charge in [0.05, 0.1) is 10.4 Å². The molecule has 4 atom stereocenters. The summed E-state index contributed by atoms with van der Waals surface area (Å²) in [5.41, 5.74) is 0. The number of carbonyl (C=O) groups is 2. The van der Waals surface area contributed by atoms with Crippen molar-refractivity contribution in [1.29, 1.82) is 0 Å². The third kappa shape index (κ3) is 1.04. The van der Waals surface area contributed by atoms with Crippen LogP contribution in [0, 0.1) is 17.8 Å². The Kier molecular flexibility index (Phi) is 1.94. The van der Waals surface area contributed by atoms with Crippen molar-refractivity contribution in [2.75, 3.05) is 0 Å². The smallest absolute Gasteiger partial charge is 0.175 e. The SMILES string of the molecule is O=C1C(Br)=CC(=O)[C@]2(Br)[C@@H]3C=C[C@@H](C3)[C@@H]12. The van der Waals surface area contributed by atoms with Crippen molar-refractivity contribution >= 4 is 43.4 Å². The third-order valence-electron chi connectivity index (χ3n) is 3.69. The van der Waals surface area contributed by atoms with E-state index in [0.29, 0.717) is 4.48 Å². The molecule has 78 valence electrons.